The van der Waals surface area contributed by atoms with Crippen molar-refractivity contribution < 1.29 is 5.11 Å². The Morgan fingerprint density at radius 1 is 1.17 bits per heavy atom. The third-order valence-corrected chi connectivity index (χ3v) is 4.35. The highest BCUT2D eigenvalue weighted by atomic mass is 79.9. The average molecular weight is 391 g/mol. The first kappa shape index (κ1) is 13.7. The van der Waals surface area contributed by atoms with E-state index in [2.05, 4.69) is 37.2 Å². The number of aromatic hydroxyl groups is 1. The third kappa shape index (κ3) is 3.19. The smallest absolute Gasteiger partial charge is 0.120 e. The van der Waals surface area contributed by atoms with Crippen molar-refractivity contribution in [3.63, 3.8) is 0 Å². The van der Waals surface area contributed by atoms with Gasteiger partial charge < -0.3 is 10.4 Å². The van der Waals surface area contributed by atoms with Gasteiger partial charge in [0.1, 0.15) is 5.75 Å². The molecule has 0 saturated heterocycles. The van der Waals surface area contributed by atoms with Gasteiger partial charge >= 0.3 is 0 Å². The summed E-state index contributed by atoms with van der Waals surface area (Å²) in [5, 5.41) is 13.6. The molecular weight excluding hydrogens is 381 g/mol. The molecule has 0 heterocycles. The fourth-order valence-corrected chi connectivity index (χ4v) is 2.51. The summed E-state index contributed by atoms with van der Waals surface area (Å²) in [5.41, 5.74) is 1.71. The van der Waals surface area contributed by atoms with Crippen molar-refractivity contribution in [3.05, 3.63) is 55.9 Å². The van der Waals surface area contributed by atoms with Crippen molar-refractivity contribution in [2.45, 2.75) is 6.54 Å². The molecule has 94 valence electrons. The van der Waals surface area contributed by atoms with Crippen molar-refractivity contribution in [1.82, 2.24) is 0 Å². The van der Waals surface area contributed by atoms with Crippen LogP contribution in [0.1, 0.15) is 5.56 Å². The van der Waals surface area contributed by atoms with Gasteiger partial charge in [-0.1, -0.05) is 33.6 Å². The molecule has 2 aromatic carbocycles. The summed E-state index contributed by atoms with van der Waals surface area (Å²) in [4.78, 5) is 0. The van der Waals surface area contributed by atoms with Gasteiger partial charge in [0.2, 0.25) is 0 Å². The van der Waals surface area contributed by atoms with Gasteiger partial charge in [-0.25, -0.2) is 0 Å². The molecule has 2 rings (SSSR count). The molecule has 2 nitrogen and oxygen atoms in total. The van der Waals surface area contributed by atoms with E-state index < -0.39 is 0 Å². The monoisotopic (exact) mass is 389 g/mol. The predicted octanol–water partition coefficient (Wildman–Crippen LogP) is 5.18. The molecular formula is C13H10Br2ClNO. The molecule has 0 unspecified atom stereocenters. The van der Waals surface area contributed by atoms with E-state index in [1.54, 1.807) is 12.1 Å². The Morgan fingerprint density at radius 2 is 1.94 bits per heavy atom. The van der Waals surface area contributed by atoms with Crippen LogP contribution in [0, 0.1) is 0 Å². The number of nitrogens with one attached hydrogen (secondary N) is 1. The second-order valence-corrected chi connectivity index (χ2v) is 5.84. The van der Waals surface area contributed by atoms with Crippen molar-refractivity contribution in [3.8, 4) is 5.75 Å². The first-order valence-electron chi connectivity index (χ1n) is 5.23. The lowest BCUT2D eigenvalue weighted by atomic mass is 10.2. The van der Waals surface area contributed by atoms with Gasteiger partial charge in [-0.15, -0.1) is 0 Å². The third-order valence-electron chi connectivity index (χ3n) is 2.46. The molecule has 0 aliphatic carbocycles. The van der Waals surface area contributed by atoms with Crippen LogP contribution >= 0.6 is 43.5 Å². The molecule has 2 aromatic rings. The molecule has 0 amide bonds. The molecule has 0 aliphatic rings. The van der Waals surface area contributed by atoms with Crippen LogP contribution in [0.5, 0.6) is 5.75 Å². The van der Waals surface area contributed by atoms with Crippen LogP contribution in [0.15, 0.2) is 45.3 Å². The topological polar surface area (TPSA) is 32.3 Å². The zero-order valence-corrected chi connectivity index (χ0v) is 13.2. The van der Waals surface area contributed by atoms with Crippen LogP contribution in [0.3, 0.4) is 0 Å². The molecule has 0 fully saturated rings. The largest absolute Gasteiger partial charge is 0.508 e. The van der Waals surface area contributed by atoms with Gasteiger partial charge in [0, 0.05) is 16.6 Å². The SMILES string of the molecule is Oc1ccc(Br)cc1CNc1cccc(Cl)c1Br. The van der Waals surface area contributed by atoms with Crippen LogP contribution in [0.4, 0.5) is 5.69 Å². The Bertz CT molecular complexity index is 573. The fourth-order valence-electron chi connectivity index (χ4n) is 1.53. The Hall–Kier alpha value is -0.710. The summed E-state index contributed by atoms with van der Waals surface area (Å²) in [6.07, 6.45) is 0. The van der Waals surface area contributed by atoms with E-state index >= 15 is 0 Å². The predicted molar refractivity (Wildman–Crippen MR) is 82.3 cm³/mol. The summed E-state index contributed by atoms with van der Waals surface area (Å²) in [5.74, 6) is 0.267. The number of hydrogen-bond donors (Lipinski definition) is 2. The van der Waals surface area contributed by atoms with Gasteiger partial charge in [-0.2, -0.15) is 0 Å². The molecule has 2 N–H and O–H groups in total. The van der Waals surface area contributed by atoms with Gasteiger partial charge in [0.05, 0.1) is 15.2 Å². The summed E-state index contributed by atoms with van der Waals surface area (Å²) < 4.78 is 1.75. The summed E-state index contributed by atoms with van der Waals surface area (Å²) in [6, 6.07) is 10.9. The Kier molecular flexibility index (Phi) is 4.54. The van der Waals surface area contributed by atoms with Crippen LogP contribution in [-0.4, -0.2) is 5.11 Å². The molecule has 0 radical (unpaired) electrons. The minimum Gasteiger partial charge on any atom is -0.508 e. The minimum absolute atomic E-state index is 0.267. The zero-order chi connectivity index (χ0) is 13.1. The van der Waals surface area contributed by atoms with Gasteiger partial charge in [-0.3, -0.25) is 0 Å². The molecule has 0 aliphatic heterocycles. The van der Waals surface area contributed by atoms with Gasteiger partial charge in [0.25, 0.3) is 0 Å². The second kappa shape index (κ2) is 5.95. The Morgan fingerprint density at radius 3 is 2.72 bits per heavy atom. The van der Waals surface area contributed by atoms with Crippen molar-refractivity contribution in [1.29, 1.82) is 0 Å². The fraction of sp³-hybridized carbons (Fsp3) is 0.0769. The molecule has 5 heteroatoms. The van der Waals surface area contributed by atoms with E-state index in [4.69, 9.17) is 11.6 Å². The zero-order valence-electron chi connectivity index (χ0n) is 9.25. The number of rotatable bonds is 3. The highest BCUT2D eigenvalue weighted by Gasteiger charge is 2.05. The van der Waals surface area contributed by atoms with Crippen LogP contribution < -0.4 is 5.32 Å². The van der Waals surface area contributed by atoms with E-state index in [9.17, 15) is 5.11 Å². The number of halogens is 3. The van der Waals surface area contributed by atoms with E-state index in [-0.39, 0.29) is 5.75 Å². The van der Waals surface area contributed by atoms with E-state index in [1.165, 1.54) is 0 Å². The van der Waals surface area contributed by atoms with Gasteiger partial charge in [0.15, 0.2) is 0 Å². The lowest BCUT2D eigenvalue weighted by Crippen LogP contribution is -2.00. The summed E-state index contributed by atoms with van der Waals surface area (Å²) in [6.45, 7) is 0.518. The maximum Gasteiger partial charge on any atom is 0.120 e. The second-order valence-electron chi connectivity index (χ2n) is 3.73. The molecule has 0 saturated carbocycles. The molecule has 0 bridgehead atoms. The summed E-state index contributed by atoms with van der Waals surface area (Å²) >= 11 is 12.8. The average Bonchev–Trinajstić information content (AvgIpc) is 2.35. The summed E-state index contributed by atoms with van der Waals surface area (Å²) in [7, 11) is 0. The maximum atomic E-state index is 9.74. The number of hydrogen-bond acceptors (Lipinski definition) is 2. The number of benzene rings is 2. The number of phenols is 1. The molecule has 0 aromatic heterocycles. The van der Waals surface area contributed by atoms with Crippen LogP contribution in [-0.2, 0) is 6.54 Å². The van der Waals surface area contributed by atoms with Crippen molar-refractivity contribution in [2.75, 3.05) is 5.32 Å². The lowest BCUT2D eigenvalue weighted by Gasteiger charge is -2.11. The number of anilines is 1. The van der Waals surface area contributed by atoms with E-state index in [1.807, 2.05) is 24.3 Å². The minimum atomic E-state index is 0.267. The quantitative estimate of drug-likeness (QED) is 0.755. The normalized spacial score (nSPS) is 10.4. The van der Waals surface area contributed by atoms with E-state index in [0.29, 0.717) is 11.6 Å². The van der Waals surface area contributed by atoms with Crippen LogP contribution in [0.25, 0.3) is 0 Å². The Labute approximate surface area is 127 Å². The van der Waals surface area contributed by atoms with Crippen molar-refractivity contribution in [2.24, 2.45) is 0 Å². The van der Waals surface area contributed by atoms with Gasteiger partial charge in [-0.05, 0) is 46.3 Å². The highest BCUT2D eigenvalue weighted by molar-refractivity contribution is 9.11. The first-order valence-corrected chi connectivity index (χ1v) is 7.19. The molecule has 0 spiro atoms. The van der Waals surface area contributed by atoms with Crippen LogP contribution in [0.2, 0.25) is 5.02 Å². The Balaban J connectivity index is 2.16. The lowest BCUT2D eigenvalue weighted by molar-refractivity contribution is 0.469. The first-order chi connectivity index (χ1) is 8.58. The standard InChI is InChI=1S/C13H10Br2ClNO/c14-9-4-5-12(18)8(6-9)7-17-11-3-1-2-10(16)13(11)15/h1-6,17-18H,7H2. The van der Waals surface area contributed by atoms with Crippen molar-refractivity contribution >= 4 is 49.1 Å². The number of phenolic OH excluding ortho intramolecular Hbond substituents is 1. The molecule has 0 atom stereocenters. The van der Waals surface area contributed by atoms with E-state index in [0.717, 1.165) is 20.2 Å². The maximum absolute atomic E-state index is 9.74. The molecule has 18 heavy (non-hydrogen) atoms. The highest BCUT2D eigenvalue weighted by Crippen LogP contribution is 2.31.